The topological polar surface area (TPSA) is 9.23 Å². The van der Waals surface area contributed by atoms with E-state index in [-0.39, 0.29) is 7.28 Å². The summed E-state index contributed by atoms with van der Waals surface area (Å²) in [7, 11) is 1.81. The van der Waals surface area contributed by atoms with Crippen LogP contribution in [-0.4, -0.2) is 14.4 Å². The summed E-state index contributed by atoms with van der Waals surface area (Å²) in [5.41, 5.74) is 1.47. The summed E-state index contributed by atoms with van der Waals surface area (Å²) >= 11 is 0. The molecule has 2 heteroatoms. The molecular weight excluding hydrogens is 123 g/mol. The van der Waals surface area contributed by atoms with Gasteiger partial charge in [0.05, 0.1) is 7.11 Å². The smallest absolute Gasteiger partial charge is 0.118 e. The second-order valence-corrected chi connectivity index (χ2v) is 2.52. The van der Waals surface area contributed by atoms with E-state index >= 15 is 0 Å². The Balaban J connectivity index is 2.80. The fourth-order valence-electron chi connectivity index (χ4n) is 1.01. The van der Waals surface area contributed by atoms with Crippen LogP contribution in [-0.2, 0) is 0 Å². The molecule has 54 valence electrons. The zero-order valence-electron chi connectivity index (χ0n) is 6.72. The van der Waals surface area contributed by atoms with Gasteiger partial charge in [-0.2, -0.15) is 6.82 Å². The molecule has 0 saturated carbocycles. The van der Waals surface area contributed by atoms with E-state index < -0.39 is 0 Å². The number of ether oxygens (including phenoxy) is 1. The van der Waals surface area contributed by atoms with E-state index in [0.29, 0.717) is 0 Å². The first-order chi connectivity index (χ1) is 4.86. The summed E-state index contributed by atoms with van der Waals surface area (Å²) in [5.74, 6) is 0.948. The molecule has 1 aromatic rings. The van der Waals surface area contributed by atoms with Crippen LogP contribution < -0.4 is 10.2 Å². The van der Waals surface area contributed by atoms with E-state index in [0.717, 1.165) is 5.75 Å². The molecule has 1 nitrogen and oxygen atoms in total. The van der Waals surface area contributed by atoms with Gasteiger partial charge in [-0.3, -0.25) is 0 Å². The van der Waals surface area contributed by atoms with Crippen molar-refractivity contribution in [3.8, 4) is 5.75 Å². The second kappa shape index (κ2) is 3.30. The molecule has 0 aliphatic heterocycles. The van der Waals surface area contributed by atoms with Crippen molar-refractivity contribution >= 4 is 12.7 Å². The molecule has 0 bridgehead atoms. The molecule has 1 aromatic carbocycles. The van der Waals surface area contributed by atoms with Gasteiger partial charge in [0.1, 0.15) is 5.75 Å². The minimum atomic E-state index is 0.120. The van der Waals surface area contributed by atoms with Crippen LogP contribution in [0.4, 0.5) is 0 Å². The van der Waals surface area contributed by atoms with Crippen molar-refractivity contribution < 1.29 is 4.74 Å². The van der Waals surface area contributed by atoms with Crippen molar-refractivity contribution in [3.63, 3.8) is 0 Å². The summed E-state index contributed by atoms with van der Waals surface area (Å²) in [6, 6.07) is 8.31. The second-order valence-electron chi connectivity index (χ2n) is 2.52. The molecule has 0 aromatic heterocycles. The average Bonchev–Trinajstić information content (AvgIpc) is 2.05. The molecule has 0 spiro atoms. The standard InChI is InChI=1S/C8H12BO/c1-9-7-3-5-8(10-2)6-4-7/h3-6H,9H2,1-2H3/q-1. The third-order valence-electron chi connectivity index (χ3n) is 1.83. The number of hydrogen-bond donors (Lipinski definition) is 0. The Bertz CT molecular complexity index is 170. The highest BCUT2D eigenvalue weighted by Gasteiger charge is 1.85. The van der Waals surface area contributed by atoms with Crippen LogP contribution in [0.3, 0.4) is 0 Å². The Hall–Kier alpha value is -0.915. The molecule has 0 aliphatic rings. The zero-order valence-corrected chi connectivity index (χ0v) is 6.72. The summed E-state index contributed by atoms with van der Waals surface area (Å²) in [6.45, 7) is 2.27. The molecule has 0 atom stereocenters. The molecule has 0 N–H and O–H groups in total. The van der Waals surface area contributed by atoms with E-state index in [1.165, 1.54) is 5.46 Å². The minimum absolute atomic E-state index is 0.120. The Morgan fingerprint density at radius 3 is 2.20 bits per heavy atom. The Labute approximate surface area is 62.3 Å². The quantitative estimate of drug-likeness (QED) is 0.537. The van der Waals surface area contributed by atoms with Crippen LogP contribution >= 0.6 is 0 Å². The number of hydrogen-bond acceptors (Lipinski definition) is 1. The molecule has 0 radical (unpaired) electrons. The Morgan fingerprint density at radius 2 is 1.80 bits per heavy atom. The highest BCUT2D eigenvalue weighted by atomic mass is 16.5. The Morgan fingerprint density at radius 1 is 1.20 bits per heavy atom. The molecule has 0 fully saturated rings. The van der Waals surface area contributed by atoms with Gasteiger partial charge in [-0.15, -0.1) is 0 Å². The van der Waals surface area contributed by atoms with Crippen molar-refractivity contribution in [1.82, 2.24) is 0 Å². The van der Waals surface area contributed by atoms with Gasteiger partial charge in [0.15, 0.2) is 0 Å². The van der Waals surface area contributed by atoms with Gasteiger partial charge in [-0.1, -0.05) is 12.1 Å². The summed E-state index contributed by atoms with van der Waals surface area (Å²) < 4.78 is 5.03. The van der Waals surface area contributed by atoms with E-state index in [4.69, 9.17) is 4.74 Å². The van der Waals surface area contributed by atoms with Crippen LogP contribution in [0.15, 0.2) is 24.3 Å². The first-order valence-electron chi connectivity index (χ1n) is 3.93. The number of rotatable bonds is 2. The molecule has 0 saturated heterocycles. The third-order valence-corrected chi connectivity index (χ3v) is 1.83. The molecule has 10 heavy (non-hydrogen) atoms. The van der Waals surface area contributed by atoms with Crippen molar-refractivity contribution in [2.24, 2.45) is 0 Å². The first kappa shape index (κ1) is 7.20. The van der Waals surface area contributed by atoms with Crippen molar-refractivity contribution in [2.75, 3.05) is 7.11 Å². The van der Waals surface area contributed by atoms with Gasteiger partial charge in [0.2, 0.25) is 0 Å². The number of benzene rings is 1. The lowest BCUT2D eigenvalue weighted by Gasteiger charge is -2.02. The molecular formula is C8H12BO-. The summed E-state index contributed by atoms with van der Waals surface area (Å²) in [5, 5.41) is 0. The van der Waals surface area contributed by atoms with Crippen LogP contribution in [0, 0.1) is 0 Å². The van der Waals surface area contributed by atoms with Gasteiger partial charge < -0.3 is 4.74 Å². The van der Waals surface area contributed by atoms with E-state index in [1.807, 2.05) is 12.1 Å². The monoisotopic (exact) mass is 135 g/mol. The molecule has 0 amide bonds. The molecule has 0 unspecified atom stereocenters. The van der Waals surface area contributed by atoms with Crippen molar-refractivity contribution in [2.45, 2.75) is 6.82 Å². The highest BCUT2D eigenvalue weighted by molar-refractivity contribution is 6.51. The molecule has 0 aliphatic carbocycles. The SMILES string of the molecule is C[BH2-]c1ccc(OC)cc1. The van der Waals surface area contributed by atoms with Gasteiger partial charge in [-0.25, -0.2) is 5.46 Å². The molecule has 1 rings (SSSR count). The first-order valence-corrected chi connectivity index (χ1v) is 3.93. The van der Waals surface area contributed by atoms with E-state index in [2.05, 4.69) is 19.0 Å². The van der Waals surface area contributed by atoms with Crippen LogP contribution in [0.1, 0.15) is 0 Å². The fourth-order valence-corrected chi connectivity index (χ4v) is 1.01. The maximum Gasteiger partial charge on any atom is 0.118 e. The van der Waals surface area contributed by atoms with Crippen molar-refractivity contribution in [1.29, 1.82) is 0 Å². The predicted molar refractivity (Wildman–Crippen MR) is 47.0 cm³/mol. The van der Waals surface area contributed by atoms with Gasteiger partial charge in [0.25, 0.3) is 0 Å². The average molecular weight is 135 g/mol. The maximum atomic E-state index is 5.03. The third kappa shape index (κ3) is 1.53. The zero-order chi connectivity index (χ0) is 7.40. The van der Waals surface area contributed by atoms with E-state index in [1.54, 1.807) is 7.11 Å². The minimum Gasteiger partial charge on any atom is -0.497 e. The lowest BCUT2D eigenvalue weighted by atomic mass is 9.73. The van der Waals surface area contributed by atoms with Crippen LogP contribution in [0.25, 0.3) is 0 Å². The molecule has 0 heterocycles. The summed E-state index contributed by atoms with van der Waals surface area (Å²) in [6.07, 6.45) is 0. The summed E-state index contributed by atoms with van der Waals surface area (Å²) in [4.78, 5) is 0. The van der Waals surface area contributed by atoms with E-state index in [9.17, 15) is 0 Å². The number of methoxy groups -OCH3 is 1. The van der Waals surface area contributed by atoms with Gasteiger partial charge in [0, 0.05) is 0 Å². The fraction of sp³-hybridized carbons (Fsp3) is 0.250. The van der Waals surface area contributed by atoms with Crippen LogP contribution in [0.2, 0.25) is 6.82 Å². The van der Waals surface area contributed by atoms with Gasteiger partial charge in [-0.05, 0) is 19.4 Å². The maximum absolute atomic E-state index is 5.03. The lowest BCUT2D eigenvalue weighted by molar-refractivity contribution is 0.415. The lowest BCUT2D eigenvalue weighted by Crippen LogP contribution is -2.08. The highest BCUT2D eigenvalue weighted by Crippen LogP contribution is 2.04. The normalized spacial score (nSPS) is 9.40. The predicted octanol–water partition coefficient (Wildman–Crippen LogP) is 0.537. The largest absolute Gasteiger partial charge is 0.497 e. The van der Waals surface area contributed by atoms with Crippen molar-refractivity contribution in [3.05, 3.63) is 24.3 Å². The van der Waals surface area contributed by atoms with Gasteiger partial charge >= 0.3 is 0 Å². The Kier molecular flexibility index (Phi) is 2.38. The van der Waals surface area contributed by atoms with Crippen LogP contribution in [0.5, 0.6) is 5.75 Å².